The van der Waals surface area contributed by atoms with Crippen LogP contribution in [0.5, 0.6) is 0 Å². The van der Waals surface area contributed by atoms with Crippen LogP contribution in [0.15, 0.2) is 18.2 Å². The Morgan fingerprint density at radius 1 is 1.05 bits per heavy atom. The fourth-order valence-corrected chi connectivity index (χ4v) is 3.75. The second-order valence-electron chi connectivity index (χ2n) is 10.6. The van der Waals surface area contributed by atoms with Crippen molar-refractivity contribution in [1.82, 2.24) is 5.32 Å². The first kappa shape index (κ1) is 33.6. The summed E-state index contributed by atoms with van der Waals surface area (Å²) in [6.07, 6.45) is 0.634. The first-order chi connectivity index (χ1) is 17.3. The maximum Gasteiger partial charge on any atom is 0.329 e. The molecule has 1 atom stereocenters. The third-order valence-corrected chi connectivity index (χ3v) is 5.39. The minimum atomic E-state index is -3.65. The van der Waals surface area contributed by atoms with E-state index >= 15 is 0 Å². The first-order valence-corrected chi connectivity index (χ1v) is 14.4. The third kappa shape index (κ3) is 13.4. The third-order valence-electron chi connectivity index (χ3n) is 4.63. The molecule has 216 valence electrons. The molecule has 0 bridgehead atoms. The van der Waals surface area contributed by atoms with E-state index in [4.69, 9.17) is 25.3 Å². The number of rotatable bonds is 13. The molecule has 0 radical (unpaired) electrons. The van der Waals surface area contributed by atoms with Gasteiger partial charge in [0.2, 0.25) is 0 Å². The zero-order valence-electron chi connectivity index (χ0n) is 22.9. The lowest BCUT2D eigenvalue weighted by Gasteiger charge is -2.26. The molecule has 0 heterocycles. The van der Waals surface area contributed by atoms with Gasteiger partial charge >= 0.3 is 11.9 Å². The van der Waals surface area contributed by atoms with Crippen molar-refractivity contribution in [3.63, 3.8) is 0 Å². The quantitative estimate of drug-likeness (QED) is 0.212. The van der Waals surface area contributed by atoms with Crippen molar-refractivity contribution < 1.29 is 40.8 Å². The Hall–Kier alpha value is -2.44. The summed E-state index contributed by atoms with van der Waals surface area (Å²) in [4.78, 5) is 39.4. The zero-order chi connectivity index (χ0) is 29.3. The fraction of sp³-hybridized carbons (Fsp3) is 0.640. The monoisotopic (exact) mass is 580 g/mol. The van der Waals surface area contributed by atoms with Crippen molar-refractivity contribution in [3.8, 4) is 0 Å². The molecule has 0 saturated heterocycles. The summed E-state index contributed by atoms with van der Waals surface area (Å²) in [7, 11) is -3.65. The number of benzene rings is 1. The highest BCUT2D eigenvalue weighted by molar-refractivity contribution is 7.85. The van der Waals surface area contributed by atoms with Crippen LogP contribution in [0.3, 0.4) is 0 Å². The summed E-state index contributed by atoms with van der Waals surface area (Å²) in [6.45, 7) is 10.3. The molecule has 1 aromatic rings. The molecule has 38 heavy (non-hydrogen) atoms. The van der Waals surface area contributed by atoms with Gasteiger partial charge in [0.1, 0.15) is 23.1 Å². The van der Waals surface area contributed by atoms with Crippen LogP contribution in [0.2, 0.25) is 0 Å². The number of anilines is 1. The Kier molecular flexibility index (Phi) is 12.5. The van der Waals surface area contributed by atoms with Gasteiger partial charge in [-0.2, -0.15) is 8.42 Å². The topological polar surface area (TPSA) is 128 Å². The summed E-state index contributed by atoms with van der Waals surface area (Å²) in [6, 6.07) is 2.58. The number of carbonyl (C=O) groups excluding carboxylic acids is 3. The predicted molar refractivity (Wildman–Crippen MR) is 142 cm³/mol. The van der Waals surface area contributed by atoms with Crippen molar-refractivity contribution in [3.05, 3.63) is 29.6 Å². The lowest BCUT2D eigenvalue weighted by atomic mass is 10.1. The van der Waals surface area contributed by atoms with Gasteiger partial charge in [-0.3, -0.25) is 13.8 Å². The van der Waals surface area contributed by atoms with E-state index in [0.717, 1.165) is 12.3 Å². The highest BCUT2D eigenvalue weighted by Crippen LogP contribution is 2.20. The summed E-state index contributed by atoms with van der Waals surface area (Å²) < 4.78 is 52.8. The number of alkyl halides is 1. The van der Waals surface area contributed by atoms with E-state index in [0.29, 0.717) is 5.69 Å². The van der Waals surface area contributed by atoms with Crippen LogP contribution < -0.4 is 10.2 Å². The number of amides is 1. The van der Waals surface area contributed by atoms with Gasteiger partial charge in [0.05, 0.1) is 18.4 Å². The lowest BCUT2D eigenvalue weighted by molar-refractivity contribution is -0.158. The van der Waals surface area contributed by atoms with Gasteiger partial charge < -0.3 is 19.7 Å². The van der Waals surface area contributed by atoms with Crippen molar-refractivity contribution in [2.75, 3.05) is 36.7 Å². The summed E-state index contributed by atoms with van der Waals surface area (Å²) in [5.41, 5.74) is -1.56. The van der Waals surface area contributed by atoms with E-state index in [-0.39, 0.29) is 44.0 Å². The molecule has 0 spiro atoms. The van der Waals surface area contributed by atoms with Crippen LogP contribution in [0, 0.1) is 5.82 Å². The SMILES string of the molecule is CC(C)(C)OC(=O)CCC(NC(=O)c1ccc(N(CCCl)CCOS(C)(=O)=O)cc1F)C(=O)OC(C)(C)C. The molecular formula is C25H38ClFN2O8S. The van der Waals surface area contributed by atoms with Gasteiger partial charge in [0, 0.05) is 31.1 Å². The minimum Gasteiger partial charge on any atom is -0.460 e. The van der Waals surface area contributed by atoms with Crippen LogP contribution in [0.1, 0.15) is 64.7 Å². The Morgan fingerprint density at radius 3 is 2.16 bits per heavy atom. The zero-order valence-corrected chi connectivity index (χ0v) is 24.5. The standard InChI is InChI=1S/C25H38ClFN2O8S/c1-24(2,3)36-21(30)11-10-20(23(32)37-25(4,5)6)28-22(31)18-9-8-17(16-19(18)27)29(13-12-26)14-15-35-38(7,33)34/h8-9,16,20H,10-15H2,1-7H3,(H,28,31). The van der Waals surface area contributed by atoms with Gasteiger partial charge in [-0.1, -0.05) is 0 Å². The summed E-state index contributed by atoms with van der Waals surface area (Å²) >= 11 is 5.82. The largest absolute Gasteiger partial charge is 0.460 e. The predicted octanol–water partition coefficient (Wildman–Crippen LogP) is 3.41. The highest BCUT2D eigenvalue weighted by Gasteiger charge is 2.29. The first-order valence-electron chi connectivity index (χ1n) is 12.0. The van der Waals surface area contributed by atoms with Gasteiger partial charge in [-0.15, -0.1) is 11.6 Å². The van der Waals surface area contributed by atoms with Gasteiger partial charge in [-0.05, 0) is 66.2 Å². The molecule has 0 aliphatic carbocycles. The van der Waals surface area contributed by atoms with Crippen LogP contribution >= 0.6 is 11.6 Å². The Morgan fingerprint density at radius 2 is 1.66 bits per heavy atom. The lowest BCUT2D eigenvalue weighted by Crippen LogP contribution is -2.44. The van der Waals surface area contributed by atoms with Crippen LogP contribution in [0.4, 0.5) is 10.1 Å². The van der Waals surface area contributed by atoms with Crippen molar-refractivity contribution >= 4 is 45.3 Å². The number of carbonyl (C=O) groups is 3. The Labute approximate surface area is 229 Å². The molecule has 0 saturated carbocycles. The molecule has 10 nitrogen and oxygen atoms in total. The molecule has 0 aliphatic rings. The van der Waals surface area contributed by atoms with Crippen molar-refractivity contribution in [1.29, 1.82) is 0 Å². The molecule has 13 heteroatoms. The number of nitrogens with one attached hydrogen (secondary N) is 1. The number of nitrogens with zero attached hydrogens (tertiary/aromatic N) is 1. The fourth-order valence-electron chi connectivity index (χ4n) is 3.17. The van der Waals surface area contributed by atoms with Crippen LogP contribution in [0.25, 0.3) is 0 Å². The van der Waals surface area contributed by atoms with Crippen LogP contribution in [-0.4, -0.2) is 75.3 Å². The average molecular weight is 581 g/mol. The Bertz CT molecular complexity index is 1080. The summed E-state index contributed by atoms with van der Waals surface area (Å²) in [5, 5.41) is 2.46. The summed E-state index contributed by atoms with van der Waals surface area (Å²) in [5.74, 6) is -2.91. The molecule has 1 N–H and O–H groups in total. The minimum absolute atomic E-state index is 0.107. The molecule has 0 fully saturated rings. The second kappa shape index (κ2) is 14.1. The number of hydrogen-bond acceptors (Lipinski definition) is 9. The van der Waals surface area contributed by atoms with Gasteiger partial charge in [0.15, 0.2) is 0 Å². The van der Waals surface area contributed by atoms with E-state index in [2.05, 4.69) is 5.32 Å². The number of halogens is 2. The molecule has 0 aromatic heterocycles. The smallest absolute Gasteiger partial charge is 0.329 e. The molecule has 1 amide bonds. The average Bonchev–Trinajstić information content (AvgIpc) is 2.72. The van der Waals surface area contributed by atoms with Gasteiger partial charge in [0.25, 0.3) is 16.0 Å². The van der Waals surface area contributed by atoms with E-state index in [9.17, 15) is 27.2 Å². The number of ether oxygens (including phenoxy) is 2. The van der Waals surface area contributed by atoms with E-state index in [1.54, 1.807) is 46.4 Å². The molecule has 0 aliphatic heterocycles. The number of esters is 2. The van der Waals surface area contributed by atoms with E-state index in [1.807, 2.05) is 0 Å². The van der Waals surface area contributed by atoms with E-state index in [1.165, 1.54) is 12.1 Å². The van der Waals surface area contributed by atoms with Crippen LogP contribution in [-0.2, 0) is 33.4 Å². The molecular weight excluding hydrogens is 543 g/mol. The Balaban J connectivity index is 3.06. The maximum absolute atomic E-state index is 15.0. The maximum atomic E-state index is 15.0. The molecule has 1 rings (SSSR count). The van der Waals surface area contributed by atoms with E-state index < -0.39 is 51.0 Å². The second-order valence-corrected chi connectivity index (χ2v) is 12.6. The molecule has 1 unspecified atom stereocenters. The van der Waals surface area contributed by atoms with Crippen molar-refractivity contribution in [2.45, 2.75) is 71.6 Å². The normalized spacial score (nSPS) is 13.0. The highest BCUT2D eigenvalue weighted by atomic mass is 35.5. The number of hydrogen-bond donors (Lipinski definition) is 1. The van der Waals surface area contributed by atoms with Gasteiger partial charge in [-0.25, -0.2) is 9.18 Å². The molecule has 1 aromatic carbocycles. The van der Waals surface area contributed by atoms with Crippen molar-refractivity contribution in [2.24, 2.45) is 0 Å².